The van der Waals surface area contributed by atoms with Gasteiger partial charge < -0.3 is 29.3 Å². The number of benzene rings is 1. The molecule has 4 heterocycles. The molecule has 3 aromatic rings. The number of rotatable bonds is 7. The molecular weight excluding hydrogens is 460 g/mol. The summed E-state index contributed by atoms with van der Waals surface area (Å²) in [5.74, 6) is 0.599. The maximum atomic E-state index is 12.3. The molecule has 2 aromatic heterocycles. The van der Waals surface area contributed by atoms with Gasteiger partial charge in [-0.3, -0.25) is 9.78 Å². The fraction of sp³-hybridized carbons (Fsp3) is 0.462. The van der Waals surface area contributed by atoms with Crippen LogP contribution in [0.1, 0.15) is 6.92 Å². The number of aromatic nitrogens is 3. The number of hydrogen-bond acceptors (Lipinski definition) is 9. The van der Waals surface area contributed by atoms with Crippen molar-refractivity contribution in [1.82, 2.24) is 19.9 Å². The van der Waals surface area contributed by atoms with Gasteiger partial charge in [0.2, 0.25) is 5.91 Å². The van der Waals surface area contributed by atoms with Gasteiger partial charge in [0.1, 0.15) is 17.7 Å². The third-order valence-corrected chi connectivity index (χ3v) is 6.58. The van der Waals surface area contributed by atoms with Crippen molar-refractivity contribution < 1.29 is 19.0 Å². The summed E-state index contributed by atoms with van der Waals surface area (Å²) in [5.41, 5.74) is 3.86. The summed E-state index contributed by atoms with van der Waals surface area (Å²) in [7, 11) is 1.53. The molecule has 0 unspecified atom stereocenters. The standard InChI is InChI=1S/C26H32N6O4/c1-26(18-32(11-14-36-26)23(33)16-34-2)17-29-25-24-22(27-7-8-28-24)15-21(30-25)19-3-5-20(6-4-19)31-9-12-35-13-10-31/h3-8,15H,9-14,16-18H2,1-2H3,(H,29,30)/t26-/m1/s1. The van der Waals surface area contributed by atoms with E-state index in [1.165, 1.54) is 12.8 Å². The Bertz CT molecular complexity index is 1200. The summed E-state index contributed by atoms with van der Waals surface area (Å²) in [6.45, 7) is 7.31. The average molecular weight is 493 g/mol. The van der Waals surface area contributed by atoms with Crippen LogP contribution in [0.3, 0.4) is 0 Å². The third-order valence-electron chi connectivity index (χ3n) is 6.58. The molecule has 1 N–H and O–H groups in total. The third kappa shape index (κ3) is 5.40. The molecule has 2 aliphatic heterocycles. The number of carbonyl (C=O) groups excluding carboxylic acids is 1. The van der Waals surface area contributed by atoms with Crippen molar-refractivity contribution in [2.75, 3.05) is 76.5 Å². The van der Waals surface area contributed by atoms with Crippen LogP contribution in [0.5, 0.6) is 0 Å². The number of methoxy groups -OCH3 is 1. The molecule has 0 saturated carbocycles. The molecule has 0 bridgehead atoms. The maximum Gasteiger partial charge on any atom is 0.248 e. The van der Waals surface area contributed by atoms with E-state index in [0.29, 0.717) is 37.6 Å². The Balaban J connectivity index is 1.36. The van der Waals surface area contributed by atoms with Crippen molar-refractivity contribution in [2.45, 2.75) is 12.5 Å². The Morgan fingerprint density at radius 3 is 2.67 bits per heavy atom. The molecule has 0 aliphatic carbocycles. The van der Waals surface area contributed by atoms with Crippen molar-refractivity contribution in [3.05, 3.63) is 42.7 Å². The first-order valence-corrected chi connectivity index (χ1v) is 12.2. The monoisotopic (exact) mass is 492 g/mol. The summed E-state index contributed by atoms with van der Waals surface area (Å²) < 4.78 is 16.6. The number of ether oxygens (including phenoxy) is 3. The number of morpholine rings is 2. The smallest absolute Gasteiger partial charge is 0.248 e. The molecule has 2 saturated heterocycles. The predicted octanol–water partition coefficient (Wildman–Crippen LogP) is 2.20. The highest BCUT2D eigenvalue weighted by Gasteiger charge is 2.34. The zero-order valence-corrected chi connectivity index (χ0v) is 20.8. The van der Waals surface area contributed by atoms with Gasteiger partial charge in [-0.05, 0) is 25.1 Å². The second-order valence-corrected chi connectivity index (χ2v) is 9.33. The van der Waals surface area contributed by atoms with E-state index in [-0.39, 0.29) is 12.5 Å². The van der Waals surface area contributed by atoms with E-state index in [9.17, 15) is 4.79 Å². The van der Waals surface area contributed by atoms with E-state index in [1.54, 1.807) is 17.3 Å². The molecule has 0 radical (unpaired) electrons. The Hall–Kier alpha value is -3.34. The van der Waals surface area contributed by atoms with Crippen LogP contribution < -0.4 is 10.2 Å². The van der Waals surface area contributed by atoms with E-state index in [0.717, 1.165) is 43.1 Å². The SMILES string of the molecule is COCC(=O)N1CCO[C@](C)(CNc2nc(-c3ccc(N4CCOCC4)cc3)cc3nccnc23)C1. The Kier molecular flexibility index (Phi) is 7.26. The molecule has 1 atom stereocenters. The van der Waals surface area contributed by atoms with Gasteiger partial charge in [-0.15, -0.1) is 0 Å². The molecule has 190 valence electrons. The number of nitrogens with one attached hydrogen (secondary N) is 1. The van der Waals surface area contributed by atoms with Gasteiger partial charge in [0.05, 0.1) is 37.6 Å². The normalized spacial score (nSPS) is 20.5. The lowest BCUT2D eigenvalue weighted by Crippen LogP contribution is -2.55. The molecule has 2 aliphatic rings. The fourth-order valence-corrected chi connectivity index (χ4v) is 4.64. The summed E-state index contributed by atoms with van der Waals surface area (Å²) in [6.07, 6.45) is 3.35. The predicted molar refractivity (Wildman–Crippen MR) is 137 cm³/mol. The minimum Gasteiger partial charge on any atom is -0.378 e. The number of fused-ring (bicyclic) bond motifs is 1. The molecule has 1 amide bonds. The highest BCUT2D eigenvalue weighted by atomic mass is 16.5. The van der Waals surface area contributed by atoms with Crippen LogP contribution in [0.2, 0.25) is 0 Å². The Labute approximate surface area is 210 Å². The van der Waals surface area contributed by atoms with Gasteiger partial charge in [0.15, 0.2) is 5.82 Å². The van der Waals surface area contributed by atoms with Crippen LogP contribution >= 0.6 is 0 Å². The average Bonchev–Trinajstić information content (AvgIpc) is 2.92. The van der Waals surface area contributed by atoms with Gasteiger partial charge in [-0.1, -0.05) is 12.1 Å². The molecule has 0 spiro atoms. The molecular formula is C26H32N6O4. The van der Waals surface area contributed by atoms with Crippen LogP contribution in [0.25, 0.3) is 22.3 Å². The maximum absolute atomic E-state index is 12.3. The summed E-state index contributed by atoms with van der Waals surface area (Å²) >= 11 is 0. The molecule has 36 heavy (non-hydrogen) atoms. The van der Waals surface area contributed by atoms with Gasteiger partial charge in [-0.2, -0.15) is 0 Å². The molecule has 1 aromatic carbocycles. The van der Waals surface area contributed by atoms with Crippen LogP contribution in [-0.4, -0.2) is 97.6 Å². The Morgan fingerprint density at radius 2 is 1.89 bits per heavy atom. The van der Waals surface area contributed by atoms with E-state index < -0.39 is 5.60 Å². The van der Waals surface area contributed by atoms with Crippen molar-refractivity contribution in [3.63, 3.8) is 0 Å². The minimum atomic E-state index is -0.576. The topological polar surface area (TPSA) is 102 Å². The quantitative estimate of drug-likeness (QED) is 0.532. The van der Waals surface area contributed by atoms with E-state index in [4.69, 9.17) is 19.2 Å². The lowest BCUT2D eigenvalue weighted by Gasteiger charge is -2.40. The van der Waals surface area contributed by atoms with Crippen LogP contribution in [0, 0.1) is 0 Å². The highest BCUT2D eigenvalue weighted by Crippen LogP contribution is 2.28. The second kappa shape index (κ2) is 10.7. The zero-order chi connectivity index (χ0) is 25.0. The van der Waals surface area contributed by atoms with Crippen molar-refractivity contribution in [3.8, 4) is 11.3 Å². The van der Waals surface area contributed by atoms with Crippen LogP contribution in [0.4, 0.5) is 11.5 Å². The van der Waals surface area contributed by atoms with Gasteiger partial charge in [0, 0.05) is 56.9 Å². The number of anilines is 2. The molecule has 10 nitrogen and oxygen atoms in total. The second-order valence-electron chi connectivity index (χ2n) is 9.33. The van der Waals surface area contributed by atoms with Crippen molar-refractivity contribution in [1.29, 1.82) is 0 Å². The van der Waals surface area contributed by atoms with Crippen molar-refractivity contribution in [2.24, 2.45) is 0 Å². The summed E-state index contributed by atoms with van der Waals surface area (Å²) in [6, 6.07) is 10.4. The molecule has 10 heteroatoms. The number of carbonyl (C=O) groups is 1. The number of nitrogens with zero attached hydrogens (tertiary/aromatic N) is 5. The first-order valence-electron chi connectivity index (χ1n) is 12.2. The van der Waals surface area contributed by atoms with Crippen molar-refractivity contribution >= 4 is 28.4 Å². The molecule has 2 fully saturated rings. The lowest BCUT2D eigenvalue weighted by atomic mass is 10.0. The fourth-order valence-electron chi connectivity index (χ4n) is 4.64. The summed E-state index contributed by atoms with van der Waals surface area (Å²) in [5, 5.41) is 3.43. The zero-order valence-electron chi connectivity index (χ0n) is 20.8. The molecule has 5 rings (SSSR count). The van der Waals surface area contributed by atoms with Crippen LogP contribution in [-0.2, 0) is 19.0 Å². The van der Waals surface area contributed by atoms with Gasteiger partial charge >= 0.3 is 0 Å². The van der Waals surface area contributed by atoms with Gasteiger partial charge in [-0.25, -0.2) is 9.97 Å². The van der Waals surface area contributed by atoms with E-state index in [2.05, 4.69) is 44.5 Å². The van der Waals surface area contributed by atoms with E-state index >= 15 is 0 Å². The number of hydrogen-bond donors (Lipinski definition) is 1. The van der Waals surface area contributed by atoms with Crippen LogP contribution in [0.15, 0.2) is 42.7 Å². The first-order chi connectivity index (χ1) is 17.5. The largest absolute Gasteiger partial charge is 0.378 e. The minimum absolute atomic E-state index is 0.0380. The Morgan fingerprint density at radius 1 is 1.11 bits per heavy atom. The first kappa shape index (κ1) is 24.4. The van der Waals surface area contributed by atoms with E-state index in [1.807, 2.05) is 13.0 Å². The van der Waals surface area contributed by atoms with Gasteiger partial charge in [0.25, 0.3) is 0 Å². The highest BCUT2D eigenvalue weighted by molar-refractivity contribution is 5.88. The summed E-state index contributed by atoms with van der Waals surface area (Å²) in [4.78, 5) is 30.4. The number of amides is 1. The lowest BCUT2D eigenvalue weighted by molar-refractivity contribution is -0.150. The number of pyridine rings is 1.